The highest BCUT2D eigenvalue weighted by Gasteiger charge is 2.25. The van der Waals surface area contributed by atoms with E-state index in [1.165, 1.54) is 0 Å². The van der Waals surface area contributed by atoms with Crippen molar-refractivity contribution in [2.45, 2.75) is 12.8 Å². The molecular weight excluding hydrogens is 208 g/mol. The molecule has 0 aromatic heterocycles. The third-order valence-corrected chi connectivity index (χ3v) is 2.74. The van der Waals surface area contributed by atoms with Crippen molar-refractivity contribution in [1.29, 1.82) is 0 Å². The van der Waals surface area contributed by atoms with Crippen molar-refractivity contribution >= 4 is 11.9 Å². The first-order valence-electron chi connectivity index (χ1n) is 5.46. The summed E-state index contributed by atoms with van der Waals surface area (Å²) in [6.45, 7) is 5.46. The van der Waals surface area contributed by atoms with E-state index in [9.17, 15) is 9.59 Å². The highest BCUT2D eigenvalue weighted by atomic mass is 16.4. The molecule has 0 atom stereocenters. The van der Waals surface area contributed by atoms with Gasteiger partial charge in [0.25, 0.3) is 0 Å². The SMILES string of the molecule is C=CCNC(=O)C1CCN(CC(=O)O)CC1. The van der Waals surface area contributed by atoms with Crippen LogP contribution in [0.2, 0.25) is 0 Å². The van der Waals surface area contributed by atoms with E-state index in [2.05, 4.69) is 11.9 Å². The number of nitrogens with zero attached hydrogens (tertiary/aromatic N) is 1. The lowest BCUT2D eigenvalue weighted by molar-refractivity contribution is -0.138. The van der Waals surface area contributed by atoms with Crippen molar-refractivity contribution in [1.82, 2.24) is 10.2 Å². The number of rotatable bonds is 5. The van der Waals surface area contributed by atoms with Gasteiger partial charge in [-0.2, -0.15) is 0 Å². The Morgan fingerprint density at radius 1 is 1.44 bits per heavy atom. The van der Waals surface area contributed by atoms with Gasteiger partial charge in [-0.3, -0.25) is 14.5 Å². The molecule has 0 radical (unpaired) electrons. The average molecular weight is 226 g/mol. The minimum absolute atomic E-state index is 0.0185. The highest BCUT2D eigenvalue weighted by molar-refractivity contribution is 5.78. The average Bonchev–Trinajstić information content (AvgIpc) is 2.26. The fraction of sp³-hybridized carbons (Fsp3) is 0.636. The Kier molecular flexibility index (Phi) is 4.98. The first kappa shape index (κ1) is 12.7. The van der Waals surface area contributed by atoms with Crippen molar-refractivity contribution in [3.8, 4) is 0 Å². The number of nitrogens with one attached hydrogen (secondary N) is 1. The summed E-state index contributed by atoms with van der Waals surface area (Å²) in [7, 11) is 0. The molecule has 5 heteroatoms. The van der Waals surface area contributed by atoms with Crippen LogP contribution in [0.25, 0.3) is 0 Å². The van der Waals surface area contributed by atoms with Gasteiger partial charge in [0, 0.05) is 12.5 Å². The third kappa shape index (κ3) is 4.02. The van der Waals surface area contributed by atoms with Gasteiger partial charge in [0.05, 0.1) is 6.54 Å². The Labute approximate surface area is 95.1 Å². The van der Waals surface area contributed by atoms with Gasteiger partial charge in [0.15, 0.2) is 0 Å². The number of amides is 1. The number of carbonyl (C=O) groups excluding carboxylic acids is 1. The van der Waals surface area contributed by atoms with Gasteiger partial charge in [-0.15, -0.1) is 6.58 Å². The molecule has 90 valence electrons. The smallest absolute Gasteiger partial charge is 0.317 e. The number of hydrogen-bond donors (Lipinski definition) is 2. The molecule has 0 unspecified atom stereocenters. The Bertz CT molecular complexity index is 270. The van der Waals surface area contributed by atoms with Crippen LogP contribution in [-0.2, 0) is 9.59 Å². The fourth-order valence-electron chi connectivity index (χ4n) is 1.86. The molecule has 0 aromatic rings. The number of carbonyl (C=O) groups is 2. The summed E-state index contributed by atoms with van der Waals surface area (Å²) in [6.07, 6.45) is 3.12. The molecule has 1 heterocycles. The summed E-state index contributed by atoms with van der Waals surface area (Å²) in [5.74, 6) is -0.741. The number of piperidine rings is 1. The summed E-state index contributed by atoms with van der Waals surface area (Å²) < 4.78 is 0. The van der Waals surface area contributed by atoms with E-state index in [-0.39, 0.29) is 18.4 Å². The standard InChI is InChI=1S/C11H18N2O3/c1-2-5-12-11(16)9-3-6-13(7-4-9)8-10(14)15/h2,9H,1,3-8H2,(H,12,16)(H,14,15). The Balaban J connectivity index is 2.28. The Morgan fingerprint density at radius 2 is 2.06 bits per heavy atom. The van der Waals surface area contributed by atoms with Crippen LogP contribution in [0.1, 0.15) is 12.8 Å². The number of carboxylic acid groups (broad SMARTS) is 1. The molecule has 16 heavy (non-hydrogen) atoms. The maximum atomic E-state index is 11.6. The van der Waals surface area contributed by atoms with Crippen LogP contribution in [0.4, 0.5) is 0 Å². The van der Waals surface area contributed by atoms with Crippen LogP contribution >= 0.6 is 0 Å². The topological polar surface area (TPSA) is 69.6 Å². The Hall–Kier alpha value is -1.36. The van der Waals surface area contributed by atoms with E-state index in [0.717, 1.165) is 12.8 Å². The molecule has 1 rings (SSSR count). The minimum Gasteiger partial charge on any atom is -0.480 e. The maximum Gasteiger partial charge on any atom is 0.317 e. The van der Waals surface area contributed by atoms with Gasteiger partial charge in [-0.1, -0.05) is 6.08 Å². The van der Waals surface area contributed by atoms with Crippen molar-refractivity contribution in [3.05, 3.63) is 12.7 Å². The monoisotopic (exact) mass is 226 g/mol. The molecule has 0 aliphatic carbocycles. The molecule has 0 bridgehead atoms. The van der Waals surface area contributed by atoms with Crippen molar-refractivity contribution in [2.24, 2.45) is 5.92 Å². The van der Waals surface area contributed by atoms with E-state index in [1.54, 1.807) is 6.08 Å². The quantitative estimate of drug-likeness (QED) is 0.652. The van der Waals surface area contributed by atoms with E-state index in [1.807, 2.05) is 4.90 Å². The molecule has 1 amide bonds. The second kappa shape index (κ2) is 6.27. The molecule has 1 aliphatic rings. The summed E-state index contributed by atoms with van der Waals surface area (Å²) in [5.41, 5.74) is 0. The Morgan fingerprint density at radius 3 is 2.56 bits per heavy atom. The number of aliphatic carboxylic acids is 1. The van der Waals surface area contributed by atoms with Gasteiger partial charge >= 0.3 is 5.97 Å². The van der Waals surface area contributed by atoms with E-state index >= 15 is 0 Å². The number of carboxylic acids is 1. The second-order valence-corrected chi connectivity index (χ2v) is 3.98. The fourth-order valence-corrected chi connectivity index (χ4v) is 1.86. The lowest BCUT2D eigenvalue weighted by Gasteiger charge is -2.29. The molecule has 0 saturated carbocycles. The van der Waals surface area contributed by atoms with Crippen LogP contribution in [0.3, 0.4) is 0 Å². The van der Waals surface area contributed by atoms with Crippen LogP contribution < -0.4 is 5.32 Å². The summed E-state index contributed by atoms with van der Waals surface area (Å²) in [6, 6.07) is 0. The van der Waals surface area contributed by atoms with Gasteiger partial charge in [-0.25, -0.2) is 0 Å². The first-order chi connectivity index (χ1) is 7.63. The highest BCUT2D eigenvalue weighted by Crippen LogP contribution is 2.16. The molecule has 0 spiro atoms. The van der Waals surface area contributed by atoms with Crippen molar-refractivity contribution < 1.29 is 14.7 Å². The molecule has 1 fully saturated rings. The number of likely N-dealkylation sites (tertiary alicyclic amines) is 1. The van der Waals surface area contributed by atoms with Crippen molar-refractivity contribution in [2.75, 3.05) is 26.2 Å². The molecule has 1 aliphatic heterocycles. The zero-order valence-corrected chi connectivity index (χ0v) is 9.32. The van der Waals surface area contributed by atoms with E-state index in [4.69, 9.17) is 5.11 Å². The largest absolute Gasteiger partial charge is 0.480 e. The molecule has 1 saturated heterocycles. The van der Waals surface area contributed by atoms with Crippen LogP contribution in [-0.4, -0.2) is 48.1 Å². The number of hydrogen-bond acceptors (Lipinski definition) is 3. The lowest BCUT2D eigenvalue weighted by Crippen LogP contribution is -2.42. The lowest BCUT2D eigenvalue weighted by atomic mass is 9.96. The zero-order valence-electron chi connectivity index (χ0n) is 9.32. The third-order valence-electron chi connectivity index (χ3n) is 2.74. The normalized spacial score (nSPS) is 18.0. The summed E-state index contributed by atoms with van der Waals surface area (Å²) in [5, 5.41) is 11.4. The van der Waals surface area contributed by atoms with Crippen LogP contribution in [0, 0.1) is 5.92 Å². The zero-order chi connectivity index (χ0) is 12.0. The van der Waals surface area contributed by atoms with Gasteiger partial charge in [0.1, 0.15) is 0 Å². The van der Waals surface area contributed by atoms with Gasteiger partial charge in [0.2, 0.25) is 5.91 Å². The van der Waals surface area contributed by atoms with E-state index in [0.29, 0.717) is 19.6 Å². The predicted molar refractivity (Wildman–Crippen MR) is 60.0 cm³/mol. The molecular formula is C11H18N2O3. The first-order valence-corrected chi connectivity index (χ1v) is 5.46. The minimum atomic E-state index is -0.811. The van der Waals surface area contributed by atoms with Gasteiger partial charge < -0.3 is 10.4 Å². The van der Waals surface area contributed by atoms with Crippen LogP contribution in [0.15, 0.2) is 12.7 Å². The molecule has 0 aromatic carbocycles. The van der Waals surface area contributed by atoms with Crippen LogP contribution in [0.5, 0.6) is 0 Å². The molecule has 5 nitrogen and oxygen atoms in total. The van der Waals surface area contributed by atoms with Gasteiger partial charge in [-0.05, 0) is 25.9 Å². The van der Waals surface area contributed by atoms with E-state index < -0.39 is 5.97 Å². The predicted octanol–water partition coefficient (Wildman–Crippen LogP) is 0.0852. The maximum absolute atomic E-state index is 11.6. The van der Waals surface area contributed by atoms with Crippen molar-refractivity contribution in [3.63, 3.8) is 0 Å². The second-order valence-electron chi connectivity index (χ2n) is 3.98. The molecule has 2 N–H and O–H groups in total. The summed E-state index contributed by atoms with van der Waals surface area (Å²) >= 11 is 0. The summed E-state index contributed by atoms with van der Waals surface area (Å²) in [4.78, 5) is 23.9.